The van der Waals surface area contributed by atoms with Crippen LogP contribution >= 0.6 is 0 Å². The Morgan fingerprint density at radius 2 is 1.79 bits per heavy atom. The molecule has 1 fully saturated rings. The van der Waals surface area contributed by atoms with Crippen molar-refractivity contribution >= 4 is 21.5 Å². The Kier molecular flexibility index (Phi) is 5.18. The minimum atomic E-state index is -4.01. The highest BCUT2D eigenvalue weighted by molar-refractivity contribution is 7.92. The maximum atomic E-state index is 13.3. The molecule has 2 aromatic heterocycles. The fourth-order valence-electron chi connectivity index (χ4n) is 3.42. The van der Waals surface area contributed by atoms with Gasteiger partial charge < -0.3 is 9.47 Å². The highest BCUT2D eigenvalue weighted by atomic mass is 32.2. The van der Waals surface area contributed by atoms with Gasteiger partial charge in [-0.1, -0.05) is 0 Å². The molecule has 1 N–H and O–H groups in total. The van der Waals surface area contributed by atoms with Gasteiger partial charge in [0.05, 0.1) is 12.0 Å². The largest absolute Gasteiger partial charge is 0.356 e. The number of imidazole rings is 1. The van der Waals surface area contributed by atoms with Crippen LogP contribution in [0.1, 0.15) is 18.9 Å². The van der Waals surface area contributed by atoms with Crippen molar-refractivity contribution in [1.29, 1.82) is 0 Å². The Labute approximate surface area is 167 Å². The molecule has 0 spiro atoms. The van der Waals surface area contributed by atoms with Crippen LogP contribution in [-0.4, -0.2) is 36.0 Å². The van der Waals surface area contributed by atoms with Crippen molar-refractivity contribution in [3.05, 3.63) is 66.9 Å². The standard InChI is InChI=1S/C19H19F2N5O2S/c20-14-9-15(21)11-16(10-14)24-29(27,28)18-1-2-19(23-12-18)25-6-3-17(4-7-25)26-8-5-22-13-26/h1-2,5,8-13,17,24H,3-4,6-7H2. The fraction of sp³-hybridized carbons (Fsp3) is 0.263. The number of hydrogen-bond donors (Lipinski definition) is 1. The van der Waals surface area contributed by atoms with Crippen LogP contribution in [0, 0.1) is 11.6 Å². The smallest absolute Gasteiger partial charge is 0.263 e. The Balaban J connectivity index is 1.43. The van der Waals surface area contributed by atoms with Crippen LogP contribution in [-0.2, 0) is 10.0 Å². The lowest BCUT2D eigenvalue weighted by molar-refractivity contribution is 0.394. The molecular formula is C19H19F2N5O2S. The molecule has 0 saturated carbocycles. The first-order chi connectivity index (χ1) is 13.9. The number of nitrogens with one attached hydrogen (secondary N) is 1. The predicted octanol–water partition coefficient (Wildman–Crippen LogP) is 3.20. The number of rotatable bonds is 5. The van der Waals surface area contributed by atoms with Crippen molar-refractivity contribution in [2.45, 2.75) is 23.8 Å². The Hall–Kier alpha value is -3.01. The molecule has 1 aliphatic heterocycles. The Morgan fingerprint density at radius 1 is 1.07 bits per heavy atom. The van der Waals surface area contributed by atoms with E-state index in [2.05, 4.69) is 24.2 Å². The predicted molar refractivity (Wildman–Crippen MR) is 104 cm³/mol. The van der Waals surface area contributed by atoms with Crippen LogP contribution in [0.25, 0.3) is 0 Å². The quantitative estimate of drug-likeness (QED) is 0.687. The zero-order chi connectivity index (χ0) is 20.4. The number of hydrogen-bond acceptors (Lipinski definition) is 5. The van der Waals surface area contributed by atoms with Crippen molar-refractivity contribution in [2.24, 2.45) is 0 Å². The molecule has 0 atom stereocenters. The van der Waals surface area contributed by atoms with Crippen molar-refractivity contribution in [1.82, 2.24) is 14.5 Å². The summed E-state index contributed by atoms with van der Waals surface area (Å²) in [4.78, 5) is 10.4. The molecule has 0 unspecified atom stereocenters. The second-order valence-electron chi connectivity index (χ2n) is 6.84. The summed E-state index contributed by atoms with van der Waals surface area (Å²) in [5, 5.41) is 0. The molecule has 29 heavy (non-hydrogen) atoms. The summed E-state index contributed by atoms with van der Waals surface area (Å²) in [7, 11) is -4.01. The molecule has 152 valence electrons. The number of anilines is 2. The van der Waals surface area contributed by atoms with E-state index in [-0.39, 0.29) is 10.6 Å². The van der Waals surface area contributed by atoms with Crippen molar-refractivity contribution < 1.29 is 17.2 Å². The Morgan fingerprint density at radius 3 is 2.38 bits per heavy atom. The van der Waals surface area contributed by atoms with E-state index < -0.39 is 21.7 Å². The highest BCUT2D eigenvalue weighted by Crippen LogP contribution is 2.26. The lowest BCUT2D eigenvalue weighted by Gasteiger charge is -2.33. The molecule has 10 heteroatoms. The van der Waals surface area contributed by atoms with Crippen LogP contribution in [0.5, 0.6) is 0 Å². The van der Waals surface area contributed by atoms with E-state index in [0.717, 1.165) is 38.1 Å². The van der Waals surface area contributed by atoms with Gasteiger partial charge >= 0.3 is 0 Å². The zero-order valence-electron chi connectivity index (χ0n) is 15.4. The summed E-state index contributed by atoms with van der Waals surface area (Å²) in [5.41, 5.74) is -0.187. The van der Waals surface area contributed by atoms with Gasteiger partial charge in [0.1, 0.15) is 22.3 Å². The van der Waals surface area contributed by atoms with Crippen molar-refractivity contribution in [3.8, 4) is 0 Å². The molecule has 4 rings (SSSR count). The SMILES string of the molecule is O=S(=O)(Nc1cc(F)cc(F)c1)c1ccc(N2CCC(n3ccnc3)CC2)nc1. The number of sulfonamides is 1. The molecule has 0 aliphatic carbocycles. The van der Waals surface area contributed by atoms with Gasteiger partial charge in [0, 0.05) is 43.8 Å². The first-order valence-electron chi connectivity index (χ1n) is 9.08. The van der Waals surface area contributed by atoms with E-state index >= 15 is 0 Å². The molecule has 1 saturated heterocycles. The minimum Gasteiger partial charge on any atom is -0.356 e. The minimum absolute atomic E-state index is 0.0841. The van der Waals surface area contributed by atoms with E-state index in [4.69, 9.17) is 0 Å². The van der Waals surface area contributed by atoms with Crippen LogP contribution in [0.2, 0.25) is 0 Å². The Bertz CT molecular complexity index is 1060. The van der Waals surface area contributed by atoms with Gasteiger partial charge in [0.2, 0.25) is 0 Å². The molecule has 0 amide bonds. The number of nitrogens with zero attached hydrogens (tertiary/aromatic N) is 4. The maximum absolute atomic E-state index is 13.3. The average molecular weight is 419 g/mol. The number of pyridine rings is 1. The highest BCUT2D eigenvalue weighted by Gasteiger charge is 2.22. The van der Waals surface area contributed by atoms with Gasteiger partial charge in [-0.05, 0) is 37.1 Å². The van der Waals surface area contributed by atoms with E-state index in [1.54, 1.807) is 12.3 Å². The molecule has 0 radical (unpaired) electrons. The first-order valence-corrected chi connectivity index (χ1v) is 10.6. The molecular weight excluding hydrogens is 400 g/mol. The van der Waals surface area contributed by atoms with Crippen LogP contribution in [0.15, 0.2) is 60.1 Å². The van der Waals surface area contributed by atoms with E-state index in [1.807, 2.05) is 12.5 Å². The van der Waals surface area contributed by atoms with Gasteiger partial charge in [-0.3, -0.25) is 4.72 Å². The lowest BCUT2D eigenvalue weighted by atomic mass is 10.1. The first kappa shape index (κ1) is 19.3. The van der Waals surface area contributed by atoms with Crippen molar-refractivity contribution in [3.63, 3.8) is 0 Å². The summed E-state index contributed by atoms with van der Waals surface area (Å²) in [5.74, 6) is -1.05. The van der Waals surface area contributed by atoms with Gasteiger partial charge in [-0.2, -0.15) is 0 Å². The maximum Gasteiger partial charge on any atom is 0.263 e. The molecule has 1 aliphatic rings. The third-order valence-corrected chi connectivity index (χ3v) is 6.25. The lowest BCUT2D eigenvalue weighted by Crippen LogP contribution is -2.35. The summed E-state index contributed by atoms with van der Waals surface area (Å²) < 4.78 is 55.8. The normalized spacial score (nSPS) is 15.4. The van der Waals surface area contributed by atoms with Gasteiger partial charge in [-0.25, -0.2) is 27.2 Å². The summed E-state index contributed by atoms with van der Waals surface area (Å²) in [6, 6.07) is 5.95. The second-order valence-corrected chi connectivity index (χ2v) is 8.53. The zero-order valence-corrected chi connectivity index (χ0v) is 16.2. The van der Waals surface area contributed by atoms with Gasteiger partial charge in [0.15, 0.2) is 0 Å². The number of benzene rings is 1. The molecule has 3 heterocycles. The molecule has 3 aromatic rings. The number of aromatic nitrogens is 3. The summed E-state index contributed by atoms with van der Waals surface area (Å²) in [6.45, 7) is 1.59. The summed E-state index contributed by atoms with van der Waals surface area (Å²) >= 11 is 0. The topological polar surface area (TPSA) is 80.1 Å². The van der Waals surface area contributed by atoms with E-state index in [1.165, 1.54) is 12.3 Å². The fourth-order valence-corrected chi connectivity index (χ4v) is 4.41. The van der Waals surface area contributed by atoms with Gasteiger partial charge in [-0.15, -0.1) is 0 Å². The van der Waals surface area contributed by atoms with Crippen molar-refractivity contribution in [2.75, 3.05) is 22.7 Å². The van der Waals surface area contributed by atoms with Crippen LogP contribution in [0.3, 0.4) is 0 Å². The number of piperidine rings is 1. The third-order valence-electron chi connectivity index (χ3n) is 4.88. The number of halogens is 2. The van der Waals surface area contributed by atoms with E-state index in [0.29, 0.717) is 17.9 Å². The molecule has 7 nitrogen and oxygen atoms in total. The average Bonchev–Trinajstić information content (AvgIpc) is 3.22. The molecule has 0 bridgehead atoms. The summed E-state index contributed by atoms with van der Waals surface area (Å²) in [6.07, 6.45) is 8.65. The monoisotopic (exact) mass is 419 g/mol. The van der Waals surface area contributed by atoms with E-state index in [9.17, 15) is 17.2 Å². The van der Waals surface area contributed by atoms with Crippen LogP contribution in [0.4, 0.5) is 20.3 Å². The third kappa shape index (κ3) is 4.37. The second kappa shape index (κ2) is 7.78. The van der Waals surface area contributed by atoms with Crippen LogP contribution < -0.4 is 9.62 Å². The van der Waals surface area contributed by atoms with Gasteiger partial charge in [0.25, 0.3) is 10.0 Å². The molecule has 1 aromatic carbocycles.